The van der Waals surface area contributed by atoms with Gasteiger partial charge in [0.15, 0.2) is 0 Å². The molecule has 0 saturated heterocycles. The van der Waals surface area contributed by atoms with Crippen molar-refractivity contribution in [3.05, 3.63) is 0 Å². The third-order valence-electron chi connectivity index (χ3n) is 2.69. The molecule has 3 fully saturated rings. The Morgan fingerprint density at radius 1 is 1.12 bits per heavy atom. The van der Waals surface area contributed by atoms with Gasteiger partial charge in [0.1, 0.15) is 0 Å². The highest BCUT2D eigenvalue weighted by Crippen LogP contribution is 2.45. The maximum atomic E-state index is 9.22. The Hall–Kier alpha value is -0.0400. The van der Waals surface area contributed by atoms with Gasteiger partial charge >= 0.3 is 0 Å². The predicted molar refractivity (Wildman–Crippen MR) is 31.5 cm³/mol. The van der Waals surface area contributed by atoms with E-state index in [-0.39, 0.29) is 6.10 Å². The molecule has 3 saturated carbocycles. The summed E-state index contributed by atoms with van der Waals surface area (Å²) >= 11 is 0. The summed E-state index contributed by atoms with van der Waals surface area (Å²) in [7, 11) is 0. The highest BCUT2D eigenvalue weighted by molar-refractivity contribution is 4.89. The summed E-state index contributed by atoms with van der Waals surface area (Å²) in [5.41, 5.74) is 0. The van der Waals surface area contributed by atoms with Crippen molar-refractivity contribution in [1.82, 2.24) is 0 Å². The molecule has 46 valence electrons. The first-order chi connectivity index (χ1) is 3.86. The molecule has 0 aromatic heterocycles. The molecule has 0 amide bonds. The van der Waals surface area contributed by atoms with Gasteiger partial charge in [0.25, 0.3) is 0 Å². The van der Waals surface area contributed by atoms with E-state index in [0.717, 1.165) is 12.3 Å². The Bertz CT molecular complexity index is 89.1. The molecule has 2 bridgehead atoms. The minimum atomic E-state index is 0.0694. The van der Waals surface area contributed by atoms with Gasteiger partial charge in [-0.3, -0.25) is 0 Å². The molecule has 0 spiro atoms. The van der Waals surface area contributed by atoms with Crippen molar-refractivity contribution < 1.29 is 5.11 Å². The molecule has 0 radical (unpaired) electrons. The number of aliphatic hydroxyl groups is 1. The van der Waals surface area contributed by atoms with Gasteiger partial charge in [-0.15, -0.1) is 0 Å². The summed E-state index contributed by atoms with van der Waals surface area (Å²) in [5.74, 6) is 1.71. The van der Waals surface area contributed by atoms with E-state index in [0.29, 0.717) is 5.92 Å². The van der Waals surface area contributed by atoms with Gasteiger partial charge < -0.3 is 5.11 Å². The number of rotatable bonds is 0. The first kappa shape index (κ1) is 4.80. The third kappa shape index (κ3) is 0.510. The zero-order valence-corrected chi connectivity index (χ0v) is 5.01. The van der Waals surface area contributed by atoms with Crippen LogP contribution in [0.5, 0.6) is 0 Å². The first-order valence-corrected chi connectivity index (χ1v) is 3.54. The monoisotopic (exact) mass is 112 g/mol. The maximum Gasteiger partial charge on any atom is 0.0568 e. The van der Waals surface area contributed by atoms with E-state index < -0.39 is 0 Å². The van der Waals surface area contributed by atoms with Crippen molar-refractivity contribution in [1.29, 1.82) is 0 Å². The lowest BCUT2D eigenvalue weighted by Gasteiger charge is -2.44. The molecule has 1 atom stereocenters. The average Bonchev–Trinajstić information content (AvgIpc) is 1.62. The Kier molecular flexibility index (Phi) is 0.884. The molecule has 1 N–H and O–H groups in total. The van der Waals surface area contributed by atoms with E-state index in [1.165, 1.54) is 19.3 Å². The fraction of sp³-hybridized carbons (Fsp3) is 1.00. The summed E-state index contributed by atoms with van der Waals surface area (Å²) in [4.78, 5) is 0. The van der Waals surface area contributed by atoms with Crippen LogP contribution in [0, 0.1) is 11.8 Å². The zero-order valence-electron chi connectivity index (χ0n) is 5.01. The topological polar surface area (TPSA) is 20.2 Å². The van der Waals surface area contributed by atoms with Gasteiger partial charge in [0.05, 0.1) is 6.10 Å². The van der Waals surface area contributed by atoms with Crippen LogP contribution < -0.4 is 0 Å². The molecule has 0 unspecified atom stereocenters. The molecule has 0 aromatic rings. The van der Waals surface area contributed by atoms with E-state index in [9.17, 15) is 5.11 Å². The SMILES string of the molecule is O[C@H]1CCC2CC1C2. The van der Waals surface area contributed by atoms with Gasteiger partial charge in [0.2, 0.25) is 0 Å². The number of hydrogen-bond acceptors (Lipinski definition) is 1. The molecular weight excluding hydrogens is 100 g/mol. The lowest BCUT2D eigenvalue weighted by molar-refractivity contribution is -0.0275. The Labute approximate surface area is 49.7 Å². The second-order valence-electron chi connectivity index (χ2n) is 3.24. The highest BCUT2D eigenvalue weighted by Gasteiger charge is 2.38. The highest BCUT2D eigenvalue weighted by atomic mass is 16.3. The van der Waals surface area contributed by atoms with Crippen LogP contribution in [0.3, 0.4) is 0 Å². The molecule has 8 heavy (non-hydrogen) atoms. The quantitative estimate of drug-likeness (QED) is 0.498. The smallest absolute Gasteiger partial charge is 0.0568 e. The van der Waals surface area contributed by atoms with Crippen LogP contribution in [0.2, 0.25) is 0 Å². The molecule has 0 aromatic carbocycles. The first-order valence-electron chi connectivity index (χ1n) is 3.54. The summed E-state index contributed by atoms with van der Waals surface area (Å²) < 4.78 is 0. The van der Waals surface area contributed by atoms with Crippen LogP contribution >= 0.6 is 0 Å². The summed E-state index contributed by atoms with van der Waals surface area (Å²) in [6.45, 7) is 0. The minimum Gasteiger partial charge on any atom is -0.393 e. The molecule has 3 aliphatic carbocycles. The number of fused-ring (bicyclic) bond motifs is 2. The average molecular weight is 112 g/mol. The van der Waals surface area contributed by atoms with E-state index in [1.54, 1.807) is 0 Å². The molecule has 0 heterocycles. The normalized spacial score (nSPS) is 52.9. The molecule has 1 heteroatoms. The van der Waals surface area contributed by atoms with Crippen LogP contribution in [0.25, 0.3) is 0 Å². The standard InChI is InChI=1S/C7H12O/c8-7-2-1-5-3-6(7)4-5/h5-8H,1-4H2/t5?,6?,7-/m0/s1. The summed E-state index contributed by atoms with van der Waals surface area (Å²) in [5, 5.41) is 9.22. The fourth-order valence-electron chi connectivity index (χ4n) is 1.98. The molecule has 3 rings (SSSR count). The van der Waals surface area contributed by atoms with Crippen LogP contribution in [0.15, 0.2) is 0 Å². The lowest BCUT2D eigenvalue weighted by atomic mass is 9.64. The van der Waals surface area contributed by atoms with Gasteiger partial charge in [-0.2, -0.15) is 0 Å². The van der Waals surface area contributed by atoms with Gasteiger partial charge in [0, 0.05) is 0 Å². The van der Waals surface area contributed by atoms with Crippen molar-refractivity contribution in [3.63, 3.8) is 0 Å². The molecular formula is C7H12O. The minimum absolute atomic E-state index is 0.0694. The van der Waals surface area contributed by atoms with Crippen molar-refractivity contribution >= 4 is 0 Å². The van der Waals surface area contributed by atoms with Crippen molar-refractivity contribution in [2.75, 3.05) is 0 Å². The van der Waals surface area contributed by atoms with E-state index >= 15 is 0 Å². The fourth-order valence-corrected chi connectivity index (χ4v) is 1.98. The summed E-state index contributed by atoms with van der Waals surface area (Å²) in [6.07, 6.45) is 5.08. The molecule has 3 aliphatic rings. The zero-order chi connectivity index (χ0) is 5.56. The van der Waals surface area contributed by atoms with E-state index in [1.807, 2.05) is 0 Å². The number of aliphatic hydroxyl groups excluding tert-OH is 1. The second-order valence-corrected chi connectivity index (χ2v) is 3.24. The second kappa shape index (κ2) is 1.47. The van der Waals surface area contributed by atoms with Crippen LogP contribution in [0.4, 0.5) is 0 Å². The largest absolute Gasteiger partial charge is 0.393 e. The van der Waals surface area contributed by atoms with Crippen molar-refractivity contribution in [2.45, 2.75) is 31.8 Å². The van der Waals surface area contributed by atoms with Gasteiger partial charge in [-0.1, -0.05) is 0 Å². The number of hydrogen-bond donors (Lipinski definition) is 1. The Balaban J connectivity index is 2.01. The summed E-state index contributed by atoms with van der Waals surface area (Å²) in [6, 6.07) is 0. The van der Waals surface area contributed by atoms with E-state index in [2.05, 4.69) is 0 Å². The van der Waals surface area contributed by atoms with Crippen LogP contribution in [-0.2, 0) is 0 Å². The molecule has 0 aliphatic heterocycles. The molecule has 1 nitrogen and oxygen atoms in total. The van der Waals surface area contributed by atoms with Crippen LogP contribution in [0.1, 0.15) is 25.7 Å². The predicted octanol–water partition coefficient (Wildman–Crippen LogP) is 1.17. The van der Waals surface area contributed by atoms with Crippen LogP contribution in [-0.4, -0.2) is 11.2 Å². The van der Waals surface area contributed by atoms with Gasteiger partial charge in [-0.05, 0) is 37.5 Å². The van der Waals surface area contributed by atoms with Gasteiger partial charge in [-0.25, -0.2) is 0 Å². The van der Waals surface area contributed by atoms with E-state index in [4.69, 9.17) is 0 Å². The lowest BCUT2D eigenvalue weighted by Crippen LogP contribution is -2.39. The Morgan fingerprint density at radius 3 is 2.12 bits per heavy atom. The van der Waals surface area contributed by atoms with Crippen molar-refractivity contribution in [3.8, 4) is 0 Å². The Morgan fingerprint density at radius 2 is 1.88 bits per heavy atom. The maximum absolute atomic E-state index is 9.22. The third-order valence-corrected chi connectivity index (χ3v) is 2.69. The van der Waals surface area contributed by atoms with Crippen molar-refractivity contribution in [2.24, 2.45) is 11.8 Å².